The van der Waals surface area contributed by atoms with Crippen LogP contribution in [0.4, 0.5) is 0 Å². The molecule has 1 saturated carbocycles. The number of aryl methyl sites for hydroxylation is 1. The van der Waals surface area contributed by atoms with Crippen molar-refractivity contribution in [3.8, 4) is 0 Å². The first kappa shape index (κ1) is 16.3. The lowest BCUT2D eigenvalue weighted by molar-refractivity contribution is -0.135. The van der Waals surface area contributed by atoms with Gasteiger partial charge in [0, 0.05) is 32.7 Å². The van der Waals surface area contributed by atoms with Crippen molar-refractivity contribution in [3.05, 3.63) is 71.3 Å². The summed E-state index contributed by atoms with van der Waals surface area (Å²) in [6.07, 6.45) is 2.00. The smallest absolute Gasteiger partial charge is 0.233 e. The topological polar surface area (TPSA) is 23.6 Å². The van der Waals surface area contributed by atoms with Gasteiger partial charge in [0.2, 0.25) is 5.91 Å². The van der Waals surface area contributed by atoms with E-state index in [4.69, 9.17) is 0 Å². The third kappa shape index (κ3) is 3.21. The first-order valence-corrected chi connectivity index (χ1v) is 9.31. The van der Waals surface area contributed by atoms with Gasteiger partial charge in [-0.3, -0.25) is 9.69 Å². The molecule has 0 atom stereocenters. The van der Waals surface area contributed by atoms with Crippen LogP contribution in [0.1, 0.15) is 29.5 Å². The second-order valence-corrected chi connectivity index (χ2v) is 7.44. The van der Waals surface area contributed by atoms with E-state index < -0.39 is 0 Å². The number of rotatable bonds is 4. The second kappa shape index (κ2) is 6.64. The highest BCUT2D eigenvalue weighted by molar-refractivity contribution is 5.91. The van der Waals surface area contributed by atoms with Crippen LogP contribution in [0, 0.1) is 6.92 Å². The van der Waals surface area contributed by atoms with Gasteiger partial charge in [-0.2, -0.15) is 0 Å². The van der Waals surface area contributed by atoms with Crippen molar-refractivity contribution in [2.45, 2.75) is 31.7 Å². The Kier molecular flexibility index (Phi) is 4.34. The van der Waals surface area contributed by atoms with Gasteiger partial charge in [-0.1, -0.05) is 54.6 Å². The second-order valence-electron chi connectivity index (χ2n) is 7.44. The molecular formula is C22H26N2O. The number of carbonyl (C=O) groups excluding carboxylic acids is 1. The van der Waals surface area contributed by atoms with Crippen LogP contribution in [-0.2, 0) is 16.8 Å². The van der Waals surface area contributed by atoms with Crippen LogP contribution in [0.2, 0.25) is 0 Å². The molecular weight excluding hydrogens is 308 g/mol. The van der Waals surface area contributed by atoms with E-state index in [2.05, 4.69) is 53.1 Å². The Labute approximate surface area is 150 Å². The first-order chi connectivity index (χ1) is 12.2. The van der Waals surface area contributed by atoms with Crippen molar-refractivity contribution in [1.82, 2.24) is 9.80 Å². The summed E-state index contributed by atoms with van der Waals surface area (Å²) in [4.78, 5) is 17.7. The summed E-state index contributed by atoms with van der Waals surface area (Å²) in [5, 5.41) is 0. The molecule has 1 amide bonds. The summed E-state index contributed by atoms with van der Waals surface area (Å²) < 4.78 is 0. The molecule has 1 aliphatic carbocycles. The maximum absolute atomic E-state index is 13.1. The molecule has 1 saturated heterocycles. The van der Waals surface area contributed by atoms with Gasteiger partial charge < -0.3 is 4.90 Å². The first-order valence-electron chi connectivity index (χ1n) is 9.31. The van der Waals surface area contributed by atoms with Gasteiger partial charge in [0.05, 0.1) is 5.41 Å². The van der Waals surface area contributed by atoms with Gasteiger partial charge in [-0.15, -0.1) is 0 Å². The molecule has 0 radical (unpaired) electrons. The average Bonchev–Trinajstić information content (AvgIpc) is 3.46. The molecule has 0 bridgehead atoms. The van der Waals surface area contributed by atoms with Crippen LogP contribution in [0.3, 0.4) is 0 Å². The van der Waals surface area contributed by atoms with Crippen molar-refractivity contribution >= 4 is 5.91 Å². The normalized spacial score (nSPS) is 19.6. The lowest BCUT2D eigenvalue weighted by Gasteiger charge is -2.37. The number of piperazine rings is 1. The molecule has 2 fully saturated rings. The number of nitrogens with zero attached hydrogens (tertiary/aromatic N) is 2. The molecule has 0 N–H and O–H groups in total. The monoisotopic (exact) mass is 334 g/mol. The fourth-order valence-corrected chi connectivity index (χ4v) is 3.95. The predicted molar refractivity (Wildman–Crippen MR) is 100 cm³/mol. The summed E-state index contributed by atoms with van der Waals surface area (Å²) in [7, 11) is 0. The molecule has 0 unspecified atom stereocenters. The fraction of sp³-hybridized carbons (Fsp3) is 0.409. The van der Waals surface area contributed by atoms with Crippen molar-refractivity contribution in [2.24, 2.45) is 0 Å². The van der Waals surface area contributed by atoms with Crippen LogP contribution < -0.4 is 0 Å². The van der Waals surface area contributed by atoms with Crippen LogP contribution in [0.5, 0.6) is 0 Å². The number of carbonyl (C=O) groups is 1. The summed E-state index contributed by atoms with van der Waals surface area (Å²) in [6, 6.07) is 18.9. The molecule has 25 heavy (non-hydrogen) atoms. The van der Waals surface area contributed by atoms with E-state index >= 15 is 0 Å². The summed E-state index contributed by atoms with van der Waals surface area (Å²) in [6.45, 7) is 6.78. The largest absolute Gasteiger partial charge is 0.339 e. The number of amides is 1. The van der Waals surface area contributed by atoms with Gasteiger partial charge >= 0.3 is 0 Å². The lowest BCUT2D eigenvalue weighted by atomic mass is 9.94. The zero-order valence-corrected chi connectivity index (χ0v) is 14.9. The van der Waals surface area contributed by atoms with Crippen LogP contribution in [0.15, 0.2) is 54.6 Å². The minimum atomic E-state index is -0.223. The maximum atomic E-state index is 13.1. The molecule has 4 rings (SSSR count). The van der Waals surface area contributed by atoms with E-state index in [-0.39, 0.29) is 5.41 Å². The third-order valence-corrected chi connectivity index (χ3v) is 5.80. The van der Waals surface area contributed by atoms with Crippen molar-refractivity contribution in [3.63, 3.8) is 0 Å². The Morgan fingerprint density at radius 3 is 2.20 bits per heavy atom. The maximum Gasteiger partial charge on any atom is 0.233 e. The Morgan fingerprint density at radius 1 is 0.920 bits per heavy atom. The summed E-state index contributed by atoms with van der Waals surface area (Å²) in [5.41, 5.74) is 3.72. The number of benzene rings is 2. The van der Waals surface area contributed by atoms with E-state index in [9.17, 15) is 4.79 Å². The predicted octanol–water partition coefficient (Wildman–Crippen LogP) is 3.37. The lowest BCUT2D eigenvalue weighted by Crippen LogP contribution is -2.51. The molecule has 2 aliphatic rings. The zero-order valence-electron chi connectivity index (χ0n) is 14.9. The van der Waals surface area contributed by atoms with Gasteiger partial charge in [0.25, 0.3) is 0 Å². The van der Waals surface area contributed by atoms with Gasteiger partial charge in [-0.25, -0.2) is 0 Å². The summed E-state index contributed by atoms with van der Waals surface area (Å²) >= 11 is 0. The van der Waals surface area contributed by atoms with Crippen molar-refractivity contribution < 1.29 is 4.79 Å². The van der Waals surface area contributed by atoms with Crippen molar-refractivity contribution in [2.75, 3.05) is 26.2 Å². The molecule has 0 aromatic heterocycles. The molecule has 2 aromatic carbocycles. The number of hydrogen-bond acceptors (Lipinski definition) is 2. The highest BCUT2D eigenvalue weighted by Gasteiger charge is 2.53. The molecule has 3 nitrogen and oxygen atoms in total. The van der Waals surface area contributed by atoms with Gasteiger partial charge in [0.1, 0.15) is 0 Å². The Morgan fingerprint density at radius 2 is 1.56 bits per heavy atom. The van der Waals surface area contributed by atoms with E-state index in [0.29, 0.717) is 5.91 Å². The fourth-order valence-electron chi connectivity index (χ4n) is 3.95. The molecule has 2 aromatic rings. The minimum Gasteiger partial charge on any atom is -0.339 e. The zero-order chi connectivity index (χ0) is 17.3. The standard InChI is InChI=1S/C22H26N2O/c1-18-7-5-6-8-19(18)17-23-13-15-24(16-14-23)21(25)22(11-12-22)20-9-3-2-4-10-20/h2-10H,11-17H2,1H3. The Bertz CT molecular complexity index is 744. The summed E-state index contributed by atoms with van der Waals surface area (Å²) in [5.74, 6) is 0.342. The van der Waals surface area contributed by atoms with Gasteiger partial charge in [-0.05, 0) is 36.5 Å². The van der Waals surface area contributed by atoms with Crippen LogP contribution in [0.25, 0.3) is 0 Å². The van der Waals surface area contributed by atoms with Crippen LogP contribution in [-0.4, -0.2) is 41.9 Å². The highest BCUT2D eigenvalue weighted by Crippen LogP contribution is 2.49. The average molecular weight is 334 g/mol. The van der Waals surface area contributed by atoms with E-state index in [1.165, 1.54) is 16.7 Å². The Balaban J connectivity index is 1.38. The van der Waals surface area contributed by atoms with Crippen molar-refractivity contribution in [1.29, 1.82) is 0 Å². The highest BCUT2D eigenvalue weighted by atomic mass is 16.2. The molecule has 1 aliphatic heterocycles. The molecule has 3 heteroatoms. The van der Waals surface area contributed by atoms with Gasteiger partial charge in [0.15, 0.2) is 0 Å². The van der Waals surface area contributed by atoms with E-state index in [1.54, 1.807) is 0 Å². The molecule has 0 spiro atoms. The van der Waals surface area contributed by atoms with Crippen LogP contribution >= 0.6 is 0 Å². The number of hydrogen-bond donors (Lipinski definition) is 0. The third-order valence-electron chi connectivity index (χ3n) is 5.80. The molecule has 1 heterocycles. The van der Waals surface area contributed by atoms with E-state index in [1.807, 2.05) is 18.2 Å². The van der Waals surface area contributed by atoms with E-state index in [0.717, 1.165) is 45.6 Å². The SMILES string of the molecule is Cc1ccccc1CN1CCN(C(=O)C2(c3ccccc3)CC2)CC1. The molecule has 130 valence electrons. The quantitative estimate of drug-likeness (QED) is 0.856. The minimum absolute atomic E-state index is 0.223. The Hall–Kier alpha value is -2.13.